The summed E-state index contributed by atoms with van der Waals surface area (Å²) in [6.07, 6.45) is 1.47. The largest absolute Gasteiger partial charge is 0.423 e. The molecule has 150 valence electrons. The van der Waals surface area contributed by atoms with E-state index >= 15 is 0 Å². The highest BCUT2D eigenvalue weighted by molar-refractivity contribution is 6.05. The van der Waals surface area contributed by atoms with Gasteiger partial charge in [0.05, 0.1) is 12.2 Å². The van der Waals surface area contributed by atoms with Gasteiger partial charge in [-0.25, -0.2) is 4.79 Å². The van der Waals surface area contributed by atoms with E-state index in [2.05, 4.69) is 5.32 Å². The number of esters is 1. The summed E-state index contributed by atoms with van der Waals surface area (Å²) in [6.45, 7) is 0.679. The van der Waals surface area contributed by atoms with E-state index in [1.54, 1.807) is 30.3 Å². The number of benzene rings is 3. The average Bonchev–Trinajstić information content (AvgIpc) is 2.78. The molecule has 0 fully saturated rings. The van der Waals surface area contributed by atoms with Gasteiger partial charge in [-0.3, -0.25) is 4.79 Å². The summed E-state index contributed by atoms with van der Waals surface area (Å²) >= 11 is 0. The van der Waals surface area contributed by atoms with Gasteiger partial charge in [0.25, 0.3) is 5.91 Å². The Labute approximate surface area is 174 Å². The van der Waals surface area contributed by atoms with Crippen molar-refractivity contribution in [3.05, 3.63) is 83.4 Å². The molecule has 0 unspecified atom stereocenters. The molecule has 0 saturated heterocycles. The summed E-state index contributed by atoms with van der Waals surface area (Å²) in [5.74, 6) is -0.556. The lowest BCUT2D eigenvalue weighted by Crippen LogP contribution is -2.27. The summed E-state index contributed by atoms with van der Waals surface area (Å²) < 4.78 is 10.4. The summed E-state index contributed by atoms with van der Waals surface area (Å²) in [5.41, 5.74) is 1.10. The molecule has 3 rings (SSSR count). The van der Waals surface area contributed by atoms with Crippen LogP contribution in [0.15, 0.2) is 72.3 Å². The molecule has 0 aliphatic heterocycles. The number of methoxy groups -OCH3 is 1. The van der Waals surface area contributed by atoms with Crippen molar-refractivity contribution in [1.29, 1.82) is 5.26 Å². The van der Waals surface area contributed by atoms with Gasteiger partial charge in [0.1, 0.15) is 17.4 Å². The number of rotatable bonds is 7. The molecule has 0 radical (unpaired) electrons. The number of hydrogen-bond donors (Lipinski definition) is 1. The number of carbonyl (C=O) groups is 2. The van der Waals surface area contributed by atoms with Crippen LogP contribution in [0.2, 0.25) is 0 Å². The number of nitriles is 1. The minimum atomic E-state index is -0.471. The number of hydrogen-bond acceptors (Lipinski definition) is 5. The van der Waals surface area contributed by atoms with Crippen LogP contribution in [0.4, 0.5) is 0 Å². The zero-order valence-electron chi connectivity index (χ0n) is 16.4. The fourth-order valence-corrected chi connectivity index (χ4v) is 2.87. The van der Waals surface area contributed by atoms with E-state index in [0.29, 0.717) is 30.0 Å². The first-order chi connectivity index (χ1) is 14.6. The van der Waals surface area contributed by atoms with Crippen molar-refractivity contribution < 1.29 is 19.1 Å². The predicted octanol–water partition coefficient (Wildman–Crippen LogP) is 3.73. The molecule has 0 aliphatic rings. The summed E-state index contributed by atoms with van der Waals surface area (Å²) in [6, 6.07) is 21.5. The zero-order chi connectivity index (χ0) is 21.3. The molecule has 0 aliphatic carbocycles. The van der Waals surface area contributed by atoms with Gasteiger partial charge in [-0.2, -0.15) is 5.26 Å². The molecule has 3 aromatic carbocycles. The third kappa shape index (κ3) is 5.10. The van der Waals surface area contributed by atoms with Gasteiger partial charge in [0, 0.05) is 13.7 Å². The third-order valence-electron chi connectivity index (χ3n) is 4.37. The molecule has 1 N–H and O–H groups in total. The minimum absolute atomic E-state index is 0.0217. The Morgan fingerprint density at radius 3 is 2.50 bits per heavy atom. The first kappa shape index (κ1) is 20.8. The molecule has 0 saturated carbocycles. The second kappa shape index (κ2) is 10.0. The fourth-order valence-electron chi connectivity index (χ4n) is 2.87. The van der Waals surface area contributed by atoms with Crippen LogP contribution >= 0.6 is 0 Å². The highest BCUT2D eigenvalue weighted by Gasteiger charge is 2.12. The van der Waals surface area contributed by atoms with E-state index in [9.17, 15) is 14.9 Å². The average molecular weight is 400 g/mol. The number of ether oxygens (including phenoxy) is 2. The highest BCUT2D eigenvalue weighted by Crippen LogP contribution is 2.21. The Morgan fingerprint density at radius 2 is 1.77 bits per heavy atom. The maximum Gasteiger partial charge on any atom is 0.344 e. The molecule has 0 atom stereocenters. The van der Waals surface area contributed by atoms with Crippen LogP contribution in [0.25, 0.3) is 16.8 Å². The second-order valence-corrected chi connectivity index (χ2v) is 6.40. The van der Waals surface area contributed by atoms with Crippen LogP contribution in [0.1, 0.15) is 15.9 Å². The Balaban J connectivity index is 1.71. The monoisotopic (exact) mass is 400 g/mol. The maximum atomic E-state index is 12.6. The predicted molar refractivity (Wildman–Crippen MR) is 114 cm³/mol. The van der Waals surface area contributed by atoms with Crippen LogP contribution in [0.5, 0.6) is 5.75 Å². The smallest absolute Gasteiger partial charge is 0.344 e. The van der Waals surface area contributed by atoms with Crippen molar-refractivity contribution in [3.8, 4) is 11.8 Å². The van der Waals surface area contributed by atoms with E-state index in [0.717, 1.165) is 10.8 Å². The number of nitrogens with zero attached hydrogens (tertiary/aromatic N) is 1. The molecule has 3 aromatic rings. The Kier molecular flexibility index (Phi) is 6.93. The zero-order valence-corrected chi connectivity index (χ0v) is 16.4. The van der Waals surface area contributed by atoms with Crippen LogP contribution in [-0.2, 0) is 9.53 Å². The van der Waals surface area contributed by atoms with Gasteiger partial charge in [0.15, 0.2) is 0 Å². The topological polar surface area (TPSA) is 88.4 Å². The standard InChI is InChI=1S/C24H20N2O4/c1-29-14-13-26-23(27)19(16-25)15-17-9-11-20(12-10-17)30-24(28)22-8-4-6-18-5-2-3-7-21(18)22/h2-12,15H,13-14H2,1H3,(H,26,27)/b19-15+. The minimum Gasteiger partial charge on any atom is -0.423 e. The normalized spacial score (nSPS) is 11.0. The highest BCUT2D eigenvalue weighted by atomic mass is 16.5. The number of amides is 1. The Hall–Kier alpha value is -3.95. The van der Waals surface area contributed by atoms with E-state index in [-0.39, 0.29) is 5.57 Å². The second-order valence-electron chi connectivity index (χ2n) is 6.40. The molecular formula is C24H20N2O4. The number of fused-ring (bicyclic) bond motifs is 1. The summed E-state index contributed by atoms with van der Waals surface area (Å²) in [4.78, 5) is 24.6. The molecule has 0 spiro atoms. The van der Waals surface area contributed by atoms with Gasteiger partial charge in [-0.1, -0.05) is 48.5 Å². The maximum absolute atomic E-state index is 12.6. The summed E-state index contributed by atoms with van der Waals surface area (Å²) in [5, 5.41) is 13.6. The van der Waals surface area contributed by atoms with Crippen molar-refractivity contribution in [2.45, 2.75) is 0 Å². The molecule has 30 heavy (non-hydrogen) atoms. The van der Waals surface area contributed by atoms with Gasteiger partial charge in [-0.15, -0.1) is 0 Å². The Morgan fingerprint density at radius 1 is 1.03 bits per heavy atom. The molecular weight excluding hydrogens is 380 g/mol. The van der Waals surface area contributed by atoms with Crippen LogP contribution in [-0.4, -0.2) is 32.1 Å². The molecule has 6 heteroatoms. The van der Waals surface area contributed by atoms with Crippen molar-refractivity contribution in [3.63, 3.8) is 0 Å². The third-order valence-corrected chi connectivity index (χ3v) is 4.37. The van der Waals surface area contributed by atoms with Crippen molar-refractivity contribution >= 4 is 28.7 Å². The lowest BCUT2D eigenvalue weighted by molar-refractivity contribution is -0.117. The molecule has 0 aromatic heterocycles. The molecule has 0 bridgehead atoms. The quantitative estimate of drug-likeness (QED) is 0.215. The summed E-state index contributed by atoms with van der Waals surface area (Å²) in [7, 11) is 1.53. The van der Waals surface area contributed by atoms with Crippen molar-refractivity contribution in [2.75, 3.05) is 20.3 Å². The fraction of sp³-hybridized carbons (Fsp3) is 0.125. The Bertz CT molecular complexity index is 1120. The molecule has 1 amide bonds. The van der Waals surface area contributed by atoms with Crippen LogP contribution in [0.3, 0.4) is 0 Å². The van der Waals surface area contributed by atoms with Crippen LogP contribution in [0, 0.1) is 11.3 Å². The van der Waals surface area contributed by atoms with E-state index < -0.39 is 11.9 Å². The van der Waals surface area contributed by atoms with Crippen molar-refractivity contribution in [2.24, 2.45) is 0 Å². The molecule has 6 nitrogen and oxygen atoms in total. The van der Waals surface area contributed by atoms with E-state index in [1.165, 1.54) is 13.2 Å². The van der Waals surface area contributed by atoms with Crippen LogP contribution < -0.4 is 10.1 Å². The van der Waals surface area contributed by atoms with Gasteiger partial charge in [0.2, 0.25) is 0 Å². The van der Waals surface area contributed by atoms with E-state index in [1.807, 2.05) is 42.5 Å². The molecule has 0 heterocycles. The number of nitrogens with one attached hydrogen (secondary N) is 1. The first-order valence-electron chi connectivity index (χ1n) is 9.31. The van der Waals surface area contributed by atoms with Gasteiger partial charge >= 0.3 is 5.97 Å². The van der Waals surface area contributed by atoms with Crippen molar-refractivity contribution in [1.82, 2.24) is 5.32 Å². The lowest BCUT2D eigenvalue weighted by Gasteiger charge is -2.08. The van der Waals surface area contributed by atoms with E-state index in [4.69, 9.17) is 9.47 Å². The first-order valence-corrected chi connectivity index (χ1v) is 9.31. The number of carbonyl (C=O) groups excluding carboxylic acids is 2. The SMILES string of the molecule is COCCNC(=O)/C(C#N)=C/c1ccc(OC(=O)c2cccc3ccccc23)cc1. The van der Waals surface area contributed by atoms with Gasteiger partial charge in [-0.05, 0) is 40.6 Å². The lowest BCUT2D eigenvalue weighted by atomic mass is 10.0. The van der Waals surface area contributed by atoms with Gasteiger partial charge < -0.3 is 14.8 Å².